The second kappa shape index (κ2) is 8.60. The lowest BCUT2D eigenvalue weighted by Crippen LogP contribution is -2.26. The van der Waals surface area contributed by atoms with Gasteiger partial charge in [-0.15, -0.1) is 0 Å². The van der Waals surface area contributed by atoms with Crippen LogP contribution in [0.4, 0.5) is 5.69 Å². The van der Waals surface area contributed by atoms with Gasteiger partial charge in [0.1, 0.15) is 0 Å². The number of aryl methyl sites for hydroxylation is 1. The fourth-order valence-electron chi connectivity index (χ4n) is 2.75. The third-order valence-corrected chi connectivity index (χ3v) is 4.80. The van der Waals surface area contributed by atoms with E-state index in [0.29, 0.717) is 18.5 Å². The van der Waals surface area contributed by atoms with Crippen molar-refractivity contribution in [2.24, 2.45) is 0 Å². The molecule has 2 amide bonds. The number of carbonyl (C=O) groups is 2. The van der Waals surface area contributed by atoms with Gasteiger partial charge in [0.05, 0.1) is 17.0 Å². The van der Waals surface area contributed by atoms with E-state index < -0.39 is 0 Å². The Bertz CT molecular complexity index is 935. The van der Waals surface area contributed by atoms with Crippen molar-refractivity contribution in [3.05, 3.63) is 70.0 Å². The average molecular weight is 379 g/mol. The molecule has 5 nitrogen and oxygen atoms in total. The summed E-state index contributed by atoms with van der Waals surface area (Å²) in [6.07, 6.45) is 0.714. The standard InChI is InChI=1S/C21H21N3O2S/c1-14-19(7-8-20(23-14)17-10-12-27-13-17)21(26)22-11-9-16-3-5-18(6-4-16)24-15(2)25/h3-8,10,12-13H,9,11H2,1-2H3,(H,22,26)(H,24,25). The van der Waals surface area contributed by atoms with Gasteiger partial charge in [-0.05, 0) is 54.6 Å². The molecule has 138 valence electrons. The molecule has 0 spiro atoms. The summed E-state index contributed by atoms with van der Waals surface area (Å²) in [6.45, 7) is 3.86. The summed E-state index contributed by atoms with van der Waals surface area (Å²) < 4.78 is 0. The number of rotatable bonds is 6. The minimum Gasteiger partial charge on any atom is -0.352 e. The molecule has 2 N–H and O–H groups in total. The first-order chi connectivity index (χ1) is 13.0. The molecular weight excluding hydrogens is 358 g/mol. The number of carbonyl (C=O) groups excluding carboxylic acids is 2. The highest BCUT2D eigenvalue weighted by molar-refractivity contribution is 7.08. The highest BCUT2D eigenvalue weighted by atomic mass is 32.1. The van der Waals surface area contributed by atoms with Gasteiger partial charge < -0.3 is 10.6 Å². The van der Waals surface area contributed by atoms with E-state index in [9.17, 15) is 9.59 Å². The van der Waals surface area contributed by atoms with E-state index in [2.05, 4.69) is 15.6 Å². The number of aromatic nitrogens is 1. The Labute approximate surface area is 162 Å². The molecule has 0 fully saturated rings. The van der Waals surface area contributed by atoms with Gasteiger partial charge in [0.25, 0.3) is 5.91 Å². The minimum absolute atomic E-state index is 0.0935. The maximum atomic E-state index is 12.4. The molecule has 0 saturated carbocycles. The number of hydrogen-bond acceptors (Lipinski definition) is 4. The summed E-state index contributed by atoms with van der Waals surface area (Å²) in [4.78, 5) is 28.0. The van der Waals surface area contributed by atoms with Crippen LogP contribution in [0.25, 0.3) is 11.3 Å². The highest BCUT2D eigenvalue weighted by Gasteiger charge is 2.11. The van der Waals surface area contributed by atoms with Gasteiger partial charge >= 0.3 is 0 Å². The molecule has 0 aliphatic rings. The van der Waals surface area contributed by atoms with Crippen molar-refractivity contribution in [3.8, 4) is 11.3 Å². The number of benzene rings is 1. The van der Waals surface area contributed by atoms with Gasteiger partial charge in [0.2, 0.25) is 5.91 Å². The number of thiophene rings is 1. The fourth-order valence-corrected chi connectivity index (χ4v) is 3.40. The Morgan fingerprint density at radius 2 is 1.85 bits per heavy atom. The van der Waals surface area contributed by atoms with Crippen molar-refractivity contribution >= 4 is 28.8 Å². The van der Waals surface area contributed by atoms with E-state index >= 15 is 0 Å². The fraction of sp³-hybridized carbons (Fsp3) is 0.190. The molecule has 3 rings (SSSR count). The van der Waals surface area contributed by atoms with E-state index in [1.165, 1.54) is 6.92 Å². The monoisotopic (exact) mass is 379 g/mol. The van der Waals surface area contributed by atoms with E-state index in [1.54, 1.807) is 11.3 Å². The van der Waals surface area contributed by atoms with E-state index in [1.807, 2.05) is 60.1 Å². The van der Waals surface area contributed by atoms with Crippen molar-refractivity contribution in [2.75, 3.05) is 11.9 Å². The molecule has 3 aromatic rings. The lowest BCUT2D eigenvalue weighted by molar-refractivity contribution is -0.114. The van der Waals surface area contributed by atoms with Gasteiger partial charge in [-0.3, -0.25) is 14.6 Å². The Balaban J connectivity index is 1.55. The molecule has 0 atom stereocenters. The third-order valence-electron chi connectivity index (χ3n) is 4.12. The molecule has 0 bridgehead atoms. The van der Waals surface area contributed by atoms with Crippen molar-refractivity contribution in [1.82, 2.24) is 10.3 Å². The molecule has 0 radical (unpaired) electrons. The normalized spacial score (nSPS) is 10.4. The van der Waals surface area contributed by atoms with Crippen molar-refractivity contribution in [3.63, 3.8) is 0 Å². The van der Waals surface area contributed by atoms with E-state index in [-0.39, 0.29) is 11.8 Å². The summed E-state index contributed by atoms with van der Waals surface area (Å²) >= 11 is 1.62. The van der Waals surface area contributed by atoms with Gasteiger partial charge in [-0.25, -0.2) is 0 Å². The van der Waals surface area contributed by atoms with Gasteiger partial charge in [-0.1, -0.05) is 12.1 Å². The van der Waals surface area contributed by atoms with Crippen LogP contribution in [0.3, 0.4) is 0 Å². The molecule has 2 heterocycles. The zero-order valence-corrected chi connectivity index (χ0v) is 16.1. The molecule has 0 aliphatic carbocycles. The van der Waals surface area contributed by atoms with Crippen molar-refractivity contribution < 1.29 is 9.59 Å². The van der Waals surface area contributed by atoms with Crippen molar-refractivity contribution in [2.45, 2.75) is 20.3 Å². The Morgan fingerprint density at radius 1 is 1.07 bits per heavy atom. The van der Waals surface area contributed by atoms with Crippen molar-refractivity contribution in [1.29, 1.82) is 0 Å². The second-order valence-electron chi connectivity index (χ2n) is 6.23. The summed E-state index contributed by atoms with van der Waals surface area (Å²) in [6, 6.07) is 13.3. The zero-order valence-electron chi connectivity index (χ0n) is 15.3. The van der Waals surface area contributed by atoms with Crippen LogP contribution in [-0.2, 0) is 11.2 Å². The summed E-state index contributed by atoms with van der Waals surface area (Å²) in [5.41, 5.74) is 5.11. The first kappa shape index (κ1) is 18.8. The molecule has 2 aromatic heterocycles. The van der Waals surface area contributed by atoms with Gasteiger partial charge in [0, 0.05) is 30.1 Å². The largest absolute Gasteiger partial charge is 0.352 e. The third kappa shape index (κ3) is 5.01. The molecule has 1 aromatic carbocycles. The highest BCUT2D eigenvalue weighted by Crippen LogP contribution is 2.21. The lowest BCUT2D eigenvalue weighted by Gasteiger charge is -2.09. The van der Waals surface area contributed by atoms with Crippen LogP contribution in [0.2, 0.25) is 0 Å². The smallest absolute Gasteiger partial charge is 0.253 e. The van der Waals surface area contributed by atoms with Crippen LogP contribution < -0.4 is 10.6 Å². The Hall–Kier alpha value is -2.99. The zero-order chi connectivity index (χ0) is 19.2. The van der Waals surface area contributed by atoms with Crippen LogP contribution in [-0.4, -0.2) is 23.3 Å². The summed E-state index contributed by atoms with van der Waals surface area (Å²) in [7, 11) is 0. The van der Waals surface area contributed by atoms with Crippen LogP contribution >= 0.6 is 11.3 Å². The number of nitrogens with zero attached hydrogens (tertiary/aromatic N) is 1. The Kier molecular flexibility index (Phi) is 5.98. The van der Waals surface area contributed by atoms with E-state index in [0.717, 1.165) is 28.2 Å². The minimum atomic E-state index is -0.119. The SMILES string of the molecule is CC(=O)Nc1ccc(CCNC(=O)c2ccc(-c3ccsc3)nc2C)cc1. The van der Waals surface area contributed by atoms with Crippen LogP contribution in [0.15, 0.2) is 53.2 Å². The molecule has 0 unspecified atom stereocenters. The average Bonchev–Trinajstić information content (AvgIpc) is 3.17. The maximum absolute atomic E-state index is 12.4. The van der Waals surface area contributed by atoms with Crippen LogP contribution in [0, 0.1) is 6.92 Å². The molecule has 6 heteroatoms. The quantitative estimate of drug-likeness (QED) is 0.679. The first-order valence-corrected chi connectivity index (χ1v) is 9.62. The van der Waals surface area contributed by atoms with Crippen LogP contribution in [0.5, 0.6) is 0 Å². The van der Waals surface area contributed by atoms with Crippen LogP contribution in [0.1, 0.15) is 28.5 Å². The second-order valence-corrected chi connectivity index (χ2v) is 7.01. The molecular formula is C21H21N3O2S. The topological polar surface area (TPSA) is 71.1 Å². The number of nitrogens with one attached hydrogen (secondary N) is 2. The number of amides is 2. The first-order valence-electron chi connectivity index (χ1n) is 8.68. The van der Waals surface area contributed by atoms with Gasteiger partial charge in [0.15, 0.2) is 0 Å². The molecule has 27 heavy (non-hydrogen) atoms. The lowest BCUT2D eigenvalue weighted by atomic mass is 10.1. The summed E-state index contributed by atoms with van der Waals surface area (Å²) in [5.74, 6) is -0.212. The maximum Gasteiger partial charge on any atom is 0.253 e. The number of anilines is 1. The predicted molar refractivity (Wildman–Crippen MR) is 109 cm³/mol. The summed E-state index contributed by atoms with van der Waals surface area (Å²) in [5, 5.41) is 9.73. The predicted octanol–water partition coefficient (Wildman–Crippen LogP) is 4.05. The number of hydrogen-bond donors (Lipinski definition) is 2. The Morgan fingerprint density at radius 3 is 2.48 bits per heavy atom. The van der Waals surface area contributed by atoms with Gasteiger partial charge in [-0.2, -0.15) is 11.3 Å². The van der Waals surface area contributed by atoms with E-state index in [4.69, 9.17) is 0 Å². The molecule has 0 aliphatic heterocycles. The number of pyridine rings is 1. The molecule has 0 saturated heterocycles.